The fraction of sp³-hybridized carbons (Fsp3) is 0.125. The molecule has 0 unspecified atom stereocenters. The van der Waals surface area contributed by atoms with Gasteiger partial charge in [0.25, 0.3) is 0 Å². The summed E-state index contributed by atoms with van der Waals surface area (Å²) in [6.07, 6.45) is 0. The fourth-order valence-corrected chi connectivity index (χ4v) is 1.11. The molecule has 0 saturated carbocycles. The molecule has 0 spiro atoms. The van der Waals surface area contributed by atoms with E-state index in [-0.39, 0.29) is 5.02 Å². The first kappa shape index (κ1) is 11.3. The van der Waals surface area contributed by atoms with E-state index >= 15 is 0 Å². The molecule has 0 bridgehead atoms. The van der Waals surface area contributed by atoms with Crippen LogP contribution in [0.3, 0.4) is 0 Å². The van der Waals surface area contributed by atoms with Crippen molar-refractivity contribution in [2.45, 2.75) is 0 Å². The Morgan fingerprint density at radius 2 is 1.93 bits per heavy atom. The van der Waals surface area contributed by atoms with Crippen LogP contribution in [-0.2, 0) is 4.79 Å². The van der Waals surface area contributed by atoms with Gasteiger partial charge in [-0.05, 0) is 0 Å². The summed E-state index contributed by atoms with van der Waals surface area (Å²) < 4.78 is 4.61. The van der Waals surface area contributed by atoms with E-state index in [1.165, 1.54) is 0 Å². The molecule has 15 heavy (non-hydrogen) atoms. The van der Waals surface area contributed by atoms with Crippen molar-refractivity contribution in [1.29, 1.82) is 0 Å². The molecule has 0 saturated heterocycles. The summed E-state index contributed by atoms with van der Waals surface area (Å²) in [5.41, 5.74) is 0. The first-order chi connectivity index (χ1) is 6.93. The first-order valence-corrected chi connectivity index (χ1v) is 4.09. The van der Waals surface area contributed by atoms with Gasteiger partial charge in [-0.1, -0.05) is 11.6 Å². The van der Waals surface area contributed by atoms with Crippen molar-refractivity contribution < 1.29 is 30.0 Å². The van der Waals surface area contributed by atoms with E-state index < -0.39 is 35.6 Å². The van der Waals surface area contributed by atoms with Crippen LogP contribution in [0.2, 0.25) is 5.02 Å². The lowest BCUT2D eigenvalue weighted by Crippen LogP contribution is -2.09. The molecule has 0 radical (unpaired) electrons. The van der Waals surface area contributed by atoms with Crippen LogP contribution in [0, 0.1) is 0 Å². The molecule has 82 valence electrons. The third kappa shape index (κ3) is 2.35. The standard InChI is InChI=1S/C8H7ClO6/c9-3-1-4(10)6(13)7(14)8(3)15-2-5(11)12/h1,10,13-14H,2H2,(H,11,12). The fourth-order valence-electron chi connectivity index (χ4n) is 0.867. The van der Waals surface area contributed by atoms with Gasteiger partial charge in [0.1, 0.15) is 0 Å². The number of aliphatic carboxylic acids is 1. The molecule has 6 nitrogen and oxygen atoms in total. The number of hydrogen-bond donors (Lipinski definition) is 4. The van der Waals surface area contributed by atoms with Crippen LogP contribution in [0.1, 0.15) is 0 Å². The molecule has 0 aromatic heterocycles. The highest BCUT2D eigenvalue weighted by molar-refractivity contribution is 6.32. The number of carboxylic acids is 1. The Balaban J connectivity index is 3.07. The number of phenols is 3. The number of benzene rings is 1. The maximum absolute atomic E-state index is 10.2. The molecule has 4 N–H and O–H groups in total. The summed E-state index contributed by atoms with van der Waals surface area (Å²) in [7, 11) is 0. The summed E-state index contributed by atoms with van der Waals surface area (Å²) in [4.78, 5) is 10.2. The Bertz CT molecular complexity index is 403. The Morgan fingerprint density at radius 3 is 2.47 bits per heavy atom. The topological polar surface area (TPSA) is 107 Å². The van der Waals surface area contributed by atoms with E-state index in [9.17, 15) is 9.90 Å². The molecule has 0 aliphatic rings. The minimum absolute atomic E-state index is 0.205. The van der Waals surface area contributed by atoms with Crippen LogP contribution >= 0.6 is 11.6 Å². The average molecular weight is 235 g/mol. The molecular weight excluding hydrogens is 228 g/mol. The van der Waals surface area contributed by atoms with Crippen molar-refractivity contribution in [3.63, 3.8) is 0 Å². The van der Waals surface area contributed by atoms with Gasteiger partial charge in [0.2, 0.25) is 11.5 Å². The monoisotopic (exact) mass is 234 g/mol. The van der Waals surface area contributed by atoms with Gasteiger partial charge < -0.3 is 25.2 Å². The third-order valence-electron chi connectivity index (χ3n) is 1.50. The van der Waals surface area contributed by atoms with Gasteiger partial charge in [0.05, 0.1) is 5.02 Å². The summed E-state index contributed by atoms with van der Waals surface area (Å²) in [5.74, 6) is -3.91. The van der Waals surface area contributed by atoms with Crippen LogP contribution in [0.5, 0.6) is 23.0 Å². The molecule has 0 aliphatic heterocycles. The second-order valence-corrected chi connectivity index (χ2v) is 2.99. The first-order valence-electron chi connectivity index (χ1n) is 3.71. The van der Waals surface area contributed by atoms with Crippen LogP contribution in [-0.4, -0.2) is 33.0 Å². The van der Waals surface area contributed by atoms with Crippen molar-refractivity contribution in [2.75, 3.05) is 6.61 Å². The number of hydrogen-bond acceptors (Lipinski definition) is 5. The van der Waals surface area contributed by atoms with Crippen LogP contribution in [0.4, 0.5) is 0 Å². The number of ether oxygens (including phenoxy) is 1. The molecule has 1 aromatic rings. The molecule has 0 heterocycles. The zero-order valence-electron chi connectivity index (χ0n) is 7.27. The number of phenolic OH excluding ortho intramolecular Hbond substituents is 3. The molecular formula is C8H7ClO6. The van der Waals surface area contributed by atoms with Crippen molar-refractivity contribution in [1.82, 2.24) is 0 Å². The normalized spacial score (nSPS) is 9.93. The van der Waals surface area contributed by atoms with Crippen molar-refractivity contribution in [3.8, 4) is 23.0 Å². The van der Waals surface area contributed by atoms with Crippen LogP contribution in [0.25, 0.3) is 0 Å². The van der Waals surface area contributed by atoms with E-state index in [0.29, 0.717) is 0 Å². The van der Waals surface area contributed by atoms with Crippen molar-refractivity contribution >= 4 is 17.6 Å². The summed E-state index contributed by atoms with van der Waals surface area (Å²) in [6, 6.07) is 0.924. The van der Waals surface area contributed by atoms with Gasteiger partial charge in [-0.25, -0.2) is 4.79 Å². The molecule has 1 aromatic carbocycles. The molecule has 0 amide bonds. The molecule has 0 atom stereocenters. The lowest BCUT2D eigenvalue weighted by atomic mass is 10.2. The highest BCUT2D eigenvalue weighted by Crippen LogP contribution is 2.46. The second-order valence-electron chi connectivity index (χ2n) is 2.59. The van der Waals surface area contributed by atoms with E-state index in [2.05, 4.69) is 4.74 Å². The van der Waals surface area contributed by atoms with Gasteiger partial charge in [-0.15, -0.1) is 0 Å². The Kier molecular flexibility index (Phi) is 3.11. The number of aromatic hydroxyl groups is 3. The van der Waals surface area contributed by atoms with E-state index in [0.717, 1.165) is 6.07 Å². The van der Waals surface area contributed by atoms with Gasteiger partial charge in [0.15, 0.2) is 18.1 Å². The molecule has 0 fully saturated rings. The maximum atomic E-state index is 10.2. The quantitative estimate of drug-likeness (QED) is 0.580. The highest BCUT2D eigenvalue weighted by Gasteiger charge is 2.17. The Morgan fingerprint density at radius 1 is 1.33 bits per heavy atom. The molecule has 0 aliphatic carbocycles. The van der Waals surface area contributed by atoms with Gasteiger partial charge in [0, 0.05) is 6.07 Å². The third-order valence-corrected chi connectivity index (χ3v) is 1.78. The van der Waals surface area contributed by atoms with E-state index in [1.807, 2.05) is 0 Å². The summed E-state index contributed by atoms with van der Waals surface area (Å²) >= 11 is 5.54. The summed E-state index contributed by atoms with van der Waals surface area (Å²) in [6.45, 7) is -0.725. The van der Waals surface area contributed by atoms with Crippen molar-refractivity contribution in [3.05, 3.63) is 11.1 Å². The zero-order valence-corrected chi connectivity index (χ0v) is 8.02. The largest absolute Gasteiger partial charge is 0.504 e. The maximum Gasteiger partial charge on any atom is 0.341 e. The smallest absolute Gasteiger partial charge is 0.341 e. The van der Waals surface area contributed by atoms with Crippen molar-refractivity contribution in [2.24, 2.45) is 0 Å². The number of carboxylic acid groups (broad SMARTS) is 1. The van der Waals surface area contributed by atoms with E-state index in [4.69, 9.17) is 26.9 Å². The average Bonchev–Trinajstić information content (AvgIpc) is 2.14. The van der Waals surface area contributed by atoms with E-state index in [1.54, 1.807) is 0 Å². The molecule has 1 rings (SSSR count). The second kappa shape index (κ2) is 4.14. The SMILES string of the molecule is O=C(O)COc1c(Cl)cc(O)c(O)c1O. The predicted molar refractivity (Wildman–Crippen MR) is 49.6 cm³/mol. The summed E-state index contributed by atoms with van der Waals surface area (Å²) in [5, 5.41) is 35.5. The number of halogens is 1. The molecule has 7 heteroatoms. The number of carbonyl (C=O) groups is 1. The predicted octanol–water partition coefficient (Wildman–Crippen LogP) is 0.920. The number of rotatable bonds is 3. The Hall–Kier alpha value is -1.82. The minimum atomic E-state index is -1.27. The lowest BCUT2D eigenvalue weighted by Gasteiger charge is -2.09. The van der Waals surface area contributed by atoms with Crippen LogP contribution in [0.15, 0.2) is 6.07 Å². The minimum Gasteiger partial charge on any atom is -0.504 e. The van der Waals surface area contributed by atoms with Gasteiger partial charge in [-0.3, -0.25) is 0 Å². The Labute approximate surface area is 88.9 Å². The van der Waals surface area contributed by atoms with Gasteiger partial charge in [-0.2, -0.15) is 0 Å². The zero-order chi connectivity index (χ0) is 11.6. The lowest BCUT2D eigenvalue weighted by molar-refractivity contribution is -0.139. The van der Waals surface area contributed by atoms with Gasteiger partial charge >= 0.3 is 5.97 Å². The highest BCUT2D eigenvalue weighted by atomic mass is 35.5. The van der Waals surface area contributed by atoms with Crippen LogP contribution < -0.4 is 4.74 Å².